The number of imide groups is 1. The van der Waals surface area contributed by atoms with Gasteiger partial charge in [0.25, 0.3) is 5.91 Å². The van der Waals surface area contributed by atoms with Crippen LogP contribution in [0.5, 0.6) is 0 Å². The molecule has 0 radical (unpaired) electrons. The van der Waals surface area contributed by atoms with Crippen molar-refractivity contribution >= 4 is 18.0 Å². The van der Waals surface area contributed by atoms with Gasteiger partial charge in [0.1, 0.15) is 23.0 Å². The van der Waals surface area contributed by atoms with Crippen LogP contribution in [0.15, 0.2) is 70.8 Å². The monoisotopic (exact) mass is 376 g/mol. The molecule has 1 N–H and O–H groups in total. The molecule has 0 spiro atoms. The van der Waals surface area contributed by atoms with E-state index in [1.54, 1.807) is 24.3 Å². The fourth-order valence-electron chi connectivity index (χ4n) is 3.08. The van der Waals surface area contributed by atoms with Crippen LogP contribution in [0.1, 0.15) is 16.9 Å². The van der Waals surface area contributed by atoms with Crippen molar-refractivity contribution in [3.63, 3.8) is 0 Å². The summed E-state index contributed by atoms with van der Waals surface area (Å²) in [5.74, 6) is 0.0779. The summed E-state index contributed by atoms with van der Waals surface area (Å²) >= 11 is 0. The fraction of sp³-hybridized carbons (Fsp3) is 0.0909. The molecular formula is C22H17FN2O3. The molecule has 0 atom stereocenters. The lowest BCUT2D eigenvalue weighted by atomic mass is 10.1. The van der Waals surface area contributed by atoms with Gasteiger partial charge in [-0.2, -0.15) is 0 Å². The highest BCUT2D eigenvalue weighted by molar-refractivity contribution is 6.13. The van der Waals surface area contributed by atoms with Crippen LogP contribution in [0.2, 0.25) is 0 Å². The van der Waals surface area contributed by atoms with Gasteiger partial charge in [0.15, 0.2) is 0 Å². The zero-order valence-electron chi connectivity index (χ0n) is 15.1. The van der Waals surface area contributed by atoms with Gasteiger partial charge in [-0.3, -0.25) is 9.69 Å². The van der Waals surface area contributed by atoms with Crippen LogP contribution < -0.4 is 5.32 Å². The lowest BCUT2D eigenvalue weighted by Gasteiger charge is -2.12. The fourth-order valence-corrected chi connectivity index (χ4v) is 3.08. The van der Waals surface area contributed by atoms with Crippen LogP contribution in [0, 0.1) is 12.7 Å². The molecule has 2 heterocycles. The maximum atomic E-state index is 13.4. The van der Waals surface area contributed by atoms with Gasteiger partial charge in [-0.1, -0.05) is 42.0 Å². The van der Waals surface area contributed by atoms with Gasteiger partial charge >= 0.3 is 6.03 Å². The van der Waals surface area contributed by atoms with Crippen molar-refractivity contribution in [3.05, 3.63) is 89.1 Å². The second-order valence-electron chi connectivity index (χ2n) is 6.58. The first-order valence-electron chi connectivity index (χ1n) is 8.75. The van der Waals surface area contributed by atoms with Gasteiger partial charge < -0.3 is 9.73 Å². The molecule has 4 rings (SSSR count). The molecule has 1 aliphatic heterocycles. The van der Waals surface area contributed by atoms with Crippen molar-refractivity contribution in [2.24, 2.45) is 0 Å². The predicted octanol–water partition coefficient (Wildman–Crippen LogP) is 4.49. The van der Waals surface area contributed by atoms with Crippen molar-refractivity contribution in [1.82, 2.24) is 10.2 Å². The molecule has 1 aliphatic rings. The van der Waals surface area contributed by atoms with E-state index in [0.29, 0.717) is 17.1 Å². The molecule has 140 valence electrons. The predicted molar refractivity (Wildman–Crippen MR) is 102 cm³/mol. The summed E-state index contributed by atoms with van der Waals surface area (Å²) in [5.41, 5.74) is 2.65. The molecule has 1 saturated heterocycles. The molecule has 28 heavy (non-hydrogen) atoms. The first-order chi connectivity index (χ1) is 13.5. The molecular weight excluding hydrogens is 359 g/mol. The molecule has 1 fully saturated rings. The average Bonchev–Trinajstić information content (AvgIpc) is 3.23. The van der Waals surface area contributed by atoms with E-state index in [1.165, 1.54) is 18.2 Å². The number of amides is 3. The quantitative estimate of drug-likeness (QED) is 0.539. The van der Waals surface area contributed by atoms with Crippen LogP contribution in [-0.4, -0.2) is 16.8 Å². The summed E-state index contributed by atoms with van der Waals surface area (Å²) in [4.78, 5) is 26.0. The third-order valence-electron chi connectivity index (χ3n) is 4.41. The van der Waals surface area contributed by atoms with Crippen LogP contribution >= 0.6 is 0 Å². The minimum atomic E-state index is -0.477. The van der Waals surface area contributed by atoms with Crippen molar-refractivity contribution in [1.29, 1.82) is 0 Å². The number of benzene rings is 2. The molecule has 3 aromatic rings. The van der Waals surface area contributed by atoms with Gasteiger partial charge in [0.2, 0.25) is 0 Å². The van der Waals surface area contributed by atoms with E-state index in [1.807, 2.05) is 31.2 Å². The van der Waals surface area contributed by atoms with Crippen molar-refractivity contribution in [2.45, 2.75) is 13.5 Å². The second-order valence-corrected chi connectivity index (χ2v) is 6.58. The Hall–Kier alpha value is -3.67. The third-order valence-corrected chi connectivity index (χ3v) is 4.41. The highest BCUT2D eigenvalue weighted by Gasteiger charge is 2.33. The molecule has 3 amide bonds. The average molecular weight is 376 g/mol. The topological polar surface area (TPSA) is 62.6 Å². The van der Waals surface area contributed by atoms with Gasteiger partial charge in [0, 0.05) is 11.6 Å². The zero-order chi connectivity index (χ0) is 19.7. The zero-order valence-corrected chi connectivity index (χ0v) is 15.1. The number of hydrogen-bond acceptors (Lipinski definition) is 3. The Morgan fingerprint density at radius 3 is 2.68 bits per heavy atom. The van der Waals surface area contributed by atoms with Crippen LogP contribution in [0.3, 0.4) is 0 Å². The van der Waals surface area contributed by atoms with Gasteiger partial charge in [-0.05, 0) is 36.8 Å². The Kier molecular flexibility index (Phi) is 4.53. The van der Waals surface area contributed by atoms with Gasteiger partial charge in [0.05, 0.1) is 6.54 Å². The molecule has 0 bridgehead atoms. The van der Waals surface area contributed by atoms with Crippen LogP contribution in [-0.2, 0) is 11.3 Å². The van der Waals surface area contributed by atoms with Gasteiger partial charge in [-0.25, -0.2) is 9.18 Å². The number of hydrogen-bond donors (Lipinski definition) is 1. The van der Waals surface area contributed by atoms with Crippen LogP contribution in [0.4, 0.5) is 9.18 Å². The van der Waals surface area contributed by atoms with Gasteiger partial charge in [-0.15, -0.1) is 0 Å². The van der Waals surface area contributed by atoms with E-state index in [4.69, 9.17) is 4.42 Å². The molecule has 0 aliphatic carbocycles. The molecule has 6 heteroatoms. The van der Waals surface area contributed by atoms with E-state index >= 15 is 0 Å². The van der Waals surface area contributed by atoms with E-state index in [9.17, 15) is 14.0 Å². The van der Waals surface area contributed by atoms with Crippen molar-refractivity contribution in [3.8, 4) is 11.3 Å². The first kappa shape index (κ1) is 17.7. The SMILES string of the molecule is Cc1cccc(CN2C(=O)N/C(=C/c3ccc(-c4cccc(F)c4)o3)C2=O)c1. The van der Waals surface area contributed by atoms with Crippen molar-refractivity contribution in [2.75, 3.05) is 0 Å². The summed E-state index contributed by atoms with van der Waals surface area (Å²) in [6.07, 6.45) is 1.47. The summed E-state index contributed by atoms with van der Waals surface area (Å²) in [5, 5.41) is 2.57. The maximum absolute atomic E-state index is 13.4. The smallest absolute Gasteiger partial charge is 0.329 e. The number of carbonyl (C=O) groups is 2. The molecule has 2 aromatic carbocycles. The summed E-state index contributed by atoms with van der Waals surface area (Å²) in [6.45, 7) is 2.14. The molecule has 5 nitrogen and oxygen atoms in total. The summed E-state index contributed by atoms with van der Waals surface area (Å²) in [7, 11) is 0. The minimum absolute atomic E-state index is 0.137. The molecule has 0 saturated carbocycles. The number of nitrogens with one attached hydrogen (secondary N) is 1. The molecule has 1 aromatic heterocycles. The lowest BCUT2D eigenvalue weighted by Crippen LogP contribution is -2.30. The van der Waals surface area contributed by atoms with E-state index < -0.39 is 11.9 Å². The Morgan fingerprint density at radius 2 is 1.89 bits per heavy atom. The Labute approximate surface area is 161 Å². The Bertz CT molecular complexity index is 1100. The number of nitrogens with zero attached hydrogens (tertiary/aromatic N) is 1. The molecule has 0 unspecified atom stereocenters. The minimum Gasteiger partial charge on any atom is -0.457 e. The second kappa shape index (κ2) is 7.15. The number of carbonyl (C=O) groups excluding carboxylic acids is 2. The number of rotatable bonds is 4. The Morgan fingerprint density at radius 1 is 1.07 bits per heavy atom. The highest BCUT2D eigenvalue weighted by atomic mass is 19.1. The summed E-state index contributed by atoms with van der Waals surface area (Å²) in [6, 6.07) is 16.5. The first-order valence-corrected chi connectivity index (χ1v) is 8.75. The number of halogens is 1. The van der Waals surface area contributed by atoms with E-state index in [-0.39, 0.29) is 18.1 Å². The maximum Gasteiger partial charge on any atom is 0.329 e. The third kappa shape index (κ3) is 3.57. The summed E-state index contributed by atoms with van der Waals surface area (Å²) < 4.78 is 19.1. The number of urea groups is 1. The number of aryl methyl sites for hydroxylation is 1. The van der Waals surface area contributed by atoms with E-state index in [2.05, 4.69) is 5.32 Å². The normalized spacial score (nSPS) is 15.4. The Balaban J connectivity index is 1.54. The van der Waals surface area contributed by atoms with E-state index in [0.717, 1.165) is 16.0 Å². The number of furan rings is 1. The lowest BCUT2D eigenvalue weighted by molar-refractivity contribution is -0.123. The highest BCUT2D eigenvalue weighted by Crippen LogP contribution is 2.25. The largest absolute Gasteiger partial charge is 0.457 e. The standard InChI is InChI=1S/C22H17FN2O3/c1-14-4-2-5-15(10-14)13-25-21(26)19(24-22(25)27)12-18-8-9-20(28-18)16-6-3-7-17(23)11-16/h2-12H,13H2,1H3,(H,24,27)/b19-12+. The van der Waals surface area contributed by atoms with Crippen molar-refractivity contribution < 1.29 is 18.4 Å². The van der Waals surface area contributed by atoms with Crippen LogP contribution in [0.25, 0.3) is 17.4 Å².